The summed E-state index contributed by atoms with van der Waals surface area (Å²) in [7, 11) is 0. The van der Waals surface area contributed by atoms with Gasteiger partial charge in [0.2, 0.25) is 0 Å². The minimum atomic E-state index is -0.109. The van der Waals surface area contributed by atoms with Crippen molar-refractivity contribution < 1.29 is 9.53 Å². The van der Waals surface area contributed by atoms with Crippen LogP contribution in [0.2, 0.25) is 5.02 Å². The Labute approximate surface area is 189 Å². The second-order valence-electron chi connectivity index (χ2n) is 8.56. The average Bonchev–Trinajstić information content (AvgIpc) is 2.73. The van der Waals surface area contributed by atoms with E-state index in [0.717, 1.165) is 61.7 Å². The zero-order valence-corrected chi connectivity index (χ0v) is 19.8. The molecule has 0 bridgehead atoms. The summed E-state index contributed by atoms with van der Waals surface area (Å²) in [5.74, 6) is 0.602. The van der Waals surface area contributed by atoms with Crippen molar-refractivity contribution in [3.05, 3.63) is 61.5 Å². The highest BCUT2D eigenvalue weighted by atomic mass is 35.5. The number of carbonyl (C=O) groups is 1. The highest BCUT2D eigenvalue weighted by Crippen LogP contribution is 2.31. The van der Waals surface area contributed by atoms with Crippen LogP contribution in [0.5, 0.6) is 0 Å². The summed E-state index contributed by atoms with van der Waals surface area (Å²) in [5.41, 5.74) is 4.94. The van der Waals surface area contributed by atoms with E-state index in [0.29, 0.717) is 28.5 Å². The molecule has 0 unspecified atom stereocenters. The van der Waals surface area contributed by atoms with Crippen LogP contribution in [0.4, 0.5) is 5.69 Å². The fourth-order valence-electron chi connectivity index (χ4n) is 4.49. The maximum absolute atomic E-state index is 13.1. The van der Waals surface area contributed by atoms with Gasteiger partial charge in [0, 0.05) is 60.3 Å². The number of hydrogen-bond acceptors (Lipinski definition) is 4. The van der Waals surface area contributed by atoms with Gasteiger partial charge in [-0.25, -0.2) is 0 Å². The molecule has 3 rings (SSSR count). The first kappa shape index (κ1) is 23.6. The molecule has 1 fully saturated rings. The molecule has 168 valence electrons. The van der Waals surface area contributed by atoms with E-state index in [2.05, 4.69) is 16.8 Å². The van der Waals surface area contributed by atoms with Crippen LogP contribution in [-0.4, -0.2) is 37.1 Å². The molecule has 0 aliphatic carbocycles. The van der Waals surface area contributed by atoms with E-state index in [9.17, 15) is 9.59 Å². The Bertz CT molecular complexity index is 993. The Morgan fingerprint density at radius 2 is 1.90 bits per heavy atom. The van der Waals surface area contributed by atoms with E-state index in [4.69, 9.17) is 16.3 Å². The Morgan fingerprint density at radius 1 is 1.19 bits per heavy atom. The lowest BCUT2D eigenvalue weighted by atomic mass is 9.95. The van der Waals surface area contributed by atoms with Crippen molar-refractivity contribution in [2.24, 2.45) is 5.92 Å². The molecule has 5 nitrogen and oxygen atoms in total. The lowest BCUT2D eigenvalue weighted by Crippen LogP contribution is -2.33. The molecule has 1 aromatic heterocycles. The fraction of sp³-hybridized carbons (Fsp3) is 0.520. The number of aromatic nitrogens is 1. The van der Waals surface area contributed by atoms with Crippen LogP contribution in [0.15, 0.2) is 23.0 Å². The number of ether oxygens (including phenoxy) is 1. The number of benzene rings is 1. The van der Waals surface area contributed by atoms with Crippen molar-refractivity contribution in [3.8, 4) is 0 Å². The highest BCUT2D eigenvalue weighted by Gasteiger charge is 2.21. The zero-order valence-electron chi connectivity index (χ0n) is 19.0. The summed E-state index contributed by atoms with van der Waals surface area (Å²) in [6.07, 6.45) is 2.82. The summed E-state index contributed by atoms with van der Waals surface area (Å²) < 4.78 is 5.49. The zero-order chi connectivity index (χ0) is 22.5. The summed E-state index contributed by atoms with van der Waals surface area (Å²) in [4.78, 5) is 30.6. The number of aryl methyl sites for hydroxylation is 2. The van der Waals surface area contributed by atoms with Gasteiger partial charge in [0.15, 0.2) is 5.78 Å². The predicted molar refractivity (Wildman–Crippen MR) is 127 cm³/mol. The molecule has 1 N–H and O–H groups in total. The van der Waals surface area contributed by atoms with Crippen molar-refractivity contribution in [3.63, 3.8) is 0 Å². The van der Waals surface area contributed by atoms with E-state index in [1.54, 1.807) is 6.07 Å². The Morgan fingerprint density at radius 3 is 2.55 bits per heavy atom. The second kappa shape index (κ2) is 10.5. The third kappa shape index (κ3) is 5.78. The number of rotatable bonds is 8. The number of halogens is 1. The molecule has 1 saturated heterocycles. The lowest BCUT2D eigenvalue weighted by molar-refractivity contribution is 0.0683. The van der Waals surface area contributed by atoms with Crippen LogP contribution in [0.25, 0.3) is 0 Å². The maximum Gasteiger partial charge on any atom is 0.251 e. The van der Waals surface area contributed by atoms with E-state index >= 15 is 0 Å². The van der Waals surface area contributed by atoms with Crippen LogP contribution in [-0.2, 0) is 11.2 Å². The highest BCUT2D eigenvalue weighted by molar-refractivity contribution is 6.31. The van der Waals surface area contributed by atoms with Gasteiger partial charge in [-0.1, -0.05) is 11.6 Å². The smallest absolute Gasteiger partial charge is 0.251 e. The van der Waals surface area contributed by atoms with Crippen molar-refractivity contribution in [2.45, 2.75) is 53.4 Å². The van der Waals surface area contributed by atoms with Crippen LogP contribution in [0.1, 0.15) is 58.9 Å². The van der Waals surface area contributed by atoms with E-state index in [1.807, 2.05) is 32.9 Å². The Kier molecular flexibility index (Phi) is 7.95. The number of aromatic amines is 1. The standard InChI is InChI=1S/C25H33ClN2O3/c1-5-28(15-19-8-10-31-11-9-19)23-14-20(26)13-22(18(23)4)24(29)7-6-21-16(2)12-17(3)27-25(21)30/h12-14,19H,5-11,15H2,1-4H3,(H,27,30). The lowest BCUT2D eigenvalue weighted by Gasteiger charge is -2.32. The first-order valence-electron chi connectivity index (χ1n) is 11.2. The van der Waals surface area contributed by atoms with Crippen LogP contribution >= 0.6 is 11.6 Å². The molecule has 0 atom stereocenters. The Balaban J connectivity index is 1.80. The van der Waals surface area contributed by atoms with Gasteiger partial charge in [0.25, 0.3) is 5.56 Å². The summed E-state index contributed by atoms with van der Waals surface area (Å²) in [5, 5.41) is 0.568. The number of ketones is 1. The quantitative estimate of drug-likeness (QED) is 0.580. The summed E-state index contributed by atoms with van der Waals surface area (Å²) >= 11 is 6.44. The number of H-pyrrole nitrogens is 1. The molecule has 31 heavy (non-hydrogen) atoms. The molecule has 1 aliphatic heterocycles. The van der Waals surface area contributed by atoms with Crippen LogP contribution in [0, 0.1) is 26.7 Å². The number of nitrogens with zero attached hydrogens (tertiary/aromatic N) is 1. The van der Waals surface area contributed by atoms with Crippen LogP contribution < -0.4 is 10.5 Å². The molecular formula is C25H33ClN2O3. The predicted octanol–water partition coefficient (Wildman–Crippen LogP) is 5.02. The van der Waals surface area contributed by atoms with Crippen molar-refractivity contribution in [2.75, 3.05) is 31.2 Å². The van der Waals surface area contributed by atoms with Gasteiger partial charge in [0.05, 0.1) is 0 Å². The van der Waals surface area contributed by atoms with Gasteiger partial charge in [0.1, 0.15) is 0 Å². The molecule has 2 heterocycles. The molecule has 0 saturated carbocycles. The summed E-state index contributed by atoms with van der Waals surface area (Å²) in [6.45, 7) is 11.3. The van der Waals surface area contributed by atoms with Gasteiger partial charge in [-0.3, -0.25) is 9.59 Å². The first-order chi connectivity index (χ1) is 14.8. The normalized spacial score (nSPS) is 14.6. The van der Waals surface area contributed by atoms with Gasteiger partial charge in [-0.05, 0) is 82.2 Å². The third-order valence-corrected chi connectivity index (χ3v) is 6.50. The van der Waals surface area contributed by atoms with Crippen molar-refractivity contribution in [1.82, 2.24) is 4.98 Å². The number of Topliss-reactive ketones (excluding diaryl/α,β-unsaturated/α-hetero) is 1. The SMILES string of the molecule is CCN(CC1CCOCC1)c1cc(Cl)cc(C(=O)CCc2c(C)cc(C)[nH]c2=O)c1C. The number of anilines is 1. The molecular weight excluding hydrogens is 412 g/mol. The van der Waals surface area contributed by atoms with Crippen LogP contribution in [0.3, 0.4) is 0 Å². The monoisotopic (exact) mass is 444 g/mol. The van der Waals surface area contributed by atoms with Crippen molar-refractivity contribution in [1.29, 1.82) is 0 Å². The van der Waals surface area contributed by atoms with Gasteiger partial charge >= 0.3 is 0 Å². The minimum Gasteiger partial charge on any atom is -0.381 e. The molecule has 0 amide bonds. The second-order valence-corrected chi connectivity index (χ2v) is 8.99. The molecule has 6 heteroatoms. The molecule has 0 radical (unpaired) electrons. The molecule has 2 aromatic rings. The molecule has 1 aliphatic rings. The number of nitrogens with one attached hydrogen (secondary N) is 1. The third-order valence-electron chi connectivity index (χ3n) is 6.28. The Hall–Kier alpha value is -2.11. The fourth-order valence-corrected chi connectivity index (χ4v) is 4.70. The number of hydrogen-bond donors (Lipinski definition) is 1. The maximum atomic E-state index is 13.1. The van der Waals surface area contributed by atoms with E-state index in [1.165, 1.54) is 0 Å². The minimum absolute atomic E-state index is 0.0164. The van der Waals surface area contributed by atoms with E-state index < -0.39 is 0 Å². The molecule has 0 spiro atoms. The number of carbonyl (C=O) groups excluding carboxylic acids is 1. The van der Waals surface area contributed by atoms with Crippen molar-refractivity contribution >= 4 is 23.1 Å². The number of pyridine rings is 1. The summed E-state index contributed by atoms with van der Waals surface area (Å²) in [6, 6.07) is 5.67. The van der Waals surface area contributed by atoms with Gasteiger partial charge < -0.3 is 14.6 Å². The first-order valence-corrected chi connectivity index (χ1v) is 11.5. The van der Waals surface area contributed by atoms with Gasteiger partial charge in [-0.2, -0.15) is 0 Å². The van der Waals surface area contributed by atoms with E-state index in [-0.39, 0.29) is 17.8 Å². The largest absolute Gasteiger partial charge is 0.381 e. The average molecular weight is 445 g/mol. The van der Waals surface area contributed by atoms with Gasteiger partial charge in [-0.15, -0.1) is 0 Å². The topological polar surface area (TPSA) is 62.4 Å². The molecule has 1 aromatic carbocycles.